The van der Waals surface area contributed by atoms with Crippen LogP contribution >= 0.6 is 0 Å². The van der Waals surface area contributed by atoms with Gasteiger partial charge in [-0.05, 0) is 24.0 Å². The number of aryl methyl sites for hydroxylation is 2. The first-order chi connectivity index (χ1) is 8.36. The minimum absolute atomic E-state index is 0. The van der Waals surface area contributed by atoms with Crippen molar-refractivity contribution in [2.45, 2.75) is 33.1 Å². The van der Waals surface area contributed by atoms with Gasteiger partial charge < -0.3 is 0 Å². The van der Waals surface area contributed by atoms with Gasteiger partial charge in [0.15, 0.2) is 0 Å². The summed E-state index contributed by atoms with van der Waals surface area (Å²) in [4.78, 5) is 0. The normalized spacial score (nSPS) is 8.78. The number of benzene rings is 2. The van der Waals surface area contributed by atoms with Crippen molar-refractivity contribution in [1.82, 2.24) is 0 Å². The standard InChI is InChI=1S/C14H14.C3H8.Zr/c1-3-7-13(8-4-1)11-12-14-9-5-2-6-10-14;1-3-2;/h1-10H,11-12H2;3H2,1-2H3;. The Morgan fingerprint density at radius 2 is 0.889 bits per heavy atom. The van der Waals surface area contributed by atoms with Gasteiger partial charge >= 0.3 is 0 Å². The van der Waals surface area contributed by atoms with Crippen molar-refractivity contribution in [1.29, 1.82) is 0 Å². The van der Waals surface area contributed by atoms with Crippen molar-refractivity contribution >= 4 is 0 Å². The van der Waals surface area contributed by atoms with Crippen LogP contribution in [0.1, 0.15) is 31.4 Å². The first kappa shape index (κ1) is 17.3. The quantitative estimate of drug-likeness (QED) is 0.756. The summed E-state index contributed by atoms with van der Waals surface area (Å²) in [6.07, 6.45) is 3.51. The Kier molecular flexibility index (Phi) is 11.0. The molecule has 0 aromatic heterocycles. The molecular weight excluding hydrogens is 295 g/mol. The molecule has 2 rings (SSSR count). The van der Waals surface area contributed by atoms with Crippen LogP contribution in [0, 0.1) is 0 Å². The molecule has 0 nitrogen and oxygen atoms in total. The Labute approximate surface area is 131 Å². The SMILES string of the molecule is CCC.[Zr].c1ccc(CCc2ccccc2)cc1. The molecule has 0 heterocycles. The molecule has 0 aliphatic carbocycles. The molecule has 0 N–H and O–H groups in total. The van der Waals surface area contributed by atoms with Gasteiger partial charge in [0.05, 0.1) is 0 Å². The van der Waals surface area contributed by atoms with Gasteiger partial charge in [-0.15, -0.1) is 0 Å². The van der Waals surface area contributed by atoms with E-state index in [2.05, 4.69) is 74.5 Å². The first-order valence-corrected chi connectivity index (χ1v) is 6.44. The first-order valence-electron chi connectivity index (χ1n) is 6.44. The molecule has 0 atom stereocenters. The van der Waals surface area contributed by atoms with Crippen molar-refractivity contribution in [2.24, 2.45) is 0 Å². The van der Waals surface area contributed by atoms with E-state index >= 15 is 0 Å². The summed E-state index contributed by atoms with van der Waals surface area (Å²) >= 11 is 0. The van der Waals surface area contributed by atoms with E-state index in [1.807, 2.05) is 0 Å². The number of hydrogen-bond donors (Lipinski definition) is 0. The zero-order valence-electron chi connectivity index (χ0n) is 11.4. The van der Waals surface area contributed by atoms with Gasteiger partial charge in [-0.3, -0.25) is 0 Å². The maximum atomic E-state index is 2.18. The van der Waals surface area contributed by atoms with Crippen LogP contribution in [0.25, 0.3) is 0 Å². The number of hydrogen-bond acceptors (Lipinski definition) is 0. The topological polar surface area (TPSA) is 0 Å². The van der Waals surface area contributed by atoms with Crippen molar-refractivity contribution in [3.05, 3.63) is 71.8 Å². The Bertz CT molecular complexity index is 341. The van der Waals surface area contributed by atoms with Crippen LogP contribution in [0.5, 0.6) is 0 Å². The maximum Gasteiger partial charge on any atom is 0 e. The molecule has 0 aliphatic rings. The Hall–Kier alpha value is -0.677. The second kappa shape index (κ2) is 11.4. The maximum absolute atomic E-state index is 2.18. The smallest absolute Gasteiger partial charge is 0 e. The van der Waals surface area contributed by atoms with E-state index in [9.17, 15) is 0 Å². The summed E-state index contributed by atoms with van der Waals surface area (Å²) in [6, 6.07) is 21.2. The van der Waals surface area contributed by atoms with Gasteiger partial charge in [-0.25, -0.2) is 0 Å². The third-order valence-electron chi connectivity index (χ3n) is 2.39. The molecule has 2 aromatic rings. The zero-order valence-corrected chi connectivity index (χ0v) is 13.9. The molecule has 0 amide bonds. The predicted molar refractivity (Wildman–Crippen MR) is 76.3 cm³/mol. The zero-order chi connectivity index (χ0) is 12.3. The van der Waals surface area contributed by atoms with E-state index in [1.165, 1.54) is 17.5 Å². The van der Waals surface area contributed by atoms with Crippen LogP contribution in [0.4, 0.5) is 0 Å². The Balaban J connectivity index is 0.000000660. The summed E-state index contributed by atoms with van der Waals surface area (Å²) in [5.41, 5.74) is 2.83. The Morgan fingerprint density at radius 1 is 0.611 bits per heavy atom. The molecule has 2 aromatic carbocycles. The predicted octanol–water partition coefficient (Wildman–Crippen LogP) is 4.89. The molecule has 0 aliphatic heterocycles. The van der Waals surface area contributed by atoms with E-state index in [-0.39, 0.29) is 26.2 Å². The minimum Gasteiger partial charge on any atom is -0.0656 e. The largest absolute Gasteiger partial charge is 0.0656 e. The fraction of sp³-hybridized carbons (Fsp3) is 0.294. The molecule has 1 heteroatoms. The Morgan fingerprint density at radius 3 is 1.17 bits per heavy atom. The monoisotopic (exact) mass is 316 g/mol. The van der Waals surface area contributed by atoms with Crippen LogP contribution in [0.2, 0.25) is 0 Å². The van der Waals surface area contributed by atoms with Crippen LogP contribution < -0.4 is 0 Å². The second-order valence-electron chi connectivity index (χ2n) is 4.18. The van der Waals surface area contributed by atoms with Crippen LogP contribution in [0.15, 0.2) is 60.7 Å². The van der Waals surface area contributed by atoms with Crippen LogP contribution in [0.3, 0.4) is 0 Å². The summed E-state index contributed by atoms with van der Waals surface area (Å²) in [5, 5.41) is 0. The molecule has 94 valence electrons. The van der Waals surface area contributed by atoms with Gasteiger partial charge in [-0.2, -0.15) is 0 Å². The average molecular weight is 318 g/mol. The number of rotatable bonds is 3. The molecule has 0 bridgehead atoms. The summed E-state index contributed by atoms with van der Waals surface area (Å²) in [5.74, 6) is 0. The van der Waals surface area contributed by atoms with Crippen LogP contribution in [-0.2, 0) is 39.0 Å². The van der Waals surface area contributed by atoms with Gasteiger partial charge in [0, 0.05) is 26.2 Å². The molecule has 0 saturated heterocycles. The van der Waals surface area contributed by atoms with Crippen LogP contribution in [-0.4, -0.2) is 0 Å². The fourth-order valence-corrected chi connectivity index (χ4v) is 1.58. The van der Waals surface area contributed by atoms with E-state index in [0.29, 0.717) is 0 Å². The van der Waals surface area contributed by atoms with Gasteiger partial charge in [-0.1, -0.05) is 80.9 Å². The summed E-state index contributed by atoms with van der Waals surface area (Å²) in [7, 11) is 0. The summed E-state index contributed by atoms with van der Waals surface area (Å²) in [6.45, 7) is 4.25. The summed E-state index contributed by atoms with van der Waals surface area (Å²) < 4.78 is 0. The molecule has 0 fully saturated rings. The van der Waals surface area contributed by atoms with E-state index in [0.717, 1.165) is 12.8 Å². The third-order valence-corrected chi connectivity index (χ3v) is 2.39. The van der Waals surface area contributed by atoms with Crippen molar-refractivity contribution in [3.63, 3.8) is 0 Å². The van der Waals surface area contributed by atoms with E-state index < -0.39 is 0 Å². The molecule has 18 heavy (non-hydrogen) atoms. The van der Waals surface area contributed by atoms with Crippen molar-refractivity contribution < 1.29 is 26.2 Å². The van der Waals surface area contributed by atoms with E-state index in [4.69, 9.17) is 0 Å². The molecule has 0 unspecified atom stereocenters. The van der Waals surface area contributed by atoms with Crippen molar-refractivity contribution in [3.8, 4) is 0 Å². The molecule has 0 saturated carbocycles. The van der Waals surface area contributed by atoms with Crippen molar-refractivity contribution in [2.75, 3.05) is 0 Å². The molecular formula is C17H22Zr. The molecule has 0 spiro atoms. The minimum atomic E-state index is 0. The second-order valence-corrected chi connectivity index (χ2v) is 4.18. The van der Waals surface area contributed by atoms with Gasteiger partial charge in [0.2, 0.25) is 0 Å². The molecule has 0 radical (unpaired) electrons. The van der Waals surface area contributed by atoms with Gasteiger partial charge in [0.25, 0.3) is 0 Å². The average Bonchev–Trinajstić information content (AvgIpc) is 2.40. The van der Waals surface area contributed by atoms with E-state index in [1.54, 1.807) is 0 Å². The third kappa shape index (κ3) is 7.61. The van der Waals surface area contributed by atoms with Gasteiger partial charge in [0.1, 0.15) is 0 Å². The fourth-order valence-electron chi connectivity index (χ4n) is 1.58.